The average Bonchev–Trinajstić information content (AvgIpc) is 3.18. The van der Waals surface area contributed by atoms with Crippen LogP contribution in [0.25, 0.3) is 0 Å². The van der Waals surface area contributed by atoms with Gasteiger partial charge in [-0.05, 0) is 53.1 Å². The third-order valence-electron chi connectivity index (χ3n) is 3.16. The standard InChI is InChI=1S/C14H13BrIN3/c15-10-3-1-2-8(6-10)7-11-18-13(9-4-5-9)12(16)14(17)19-11/h1-3,6,9H,4-5,7H2,(H2,17,18,19). The largest absolute Gasteiger partial charge is 0.383 e. The SMILES string of the molecule is Nc1nc(Cc2cccc(Br)c2)nc(C2CC2)c1I. The molecule has 1 heterocycles. The number of hydrogen-bond acceptors (Lipinski definition) is 3. The quantitative estimate of drug-likeness (QED) is 0.753. The van der Waals surface area contributed by atoms with E-state index < -0.39 is 0 Å². The number of nitrogens with two attached hydrogens (primary N) is 1. The molecular formula is C14H13BrIN3. The van der Waals surface area contributed by atoms with Crippen molar-refractivity contribution in [1.29, 1.82) is 0 Å². The minimum absolute atomic E-state index is 0.596. The molecule has 1 saturated carbocycles. The molecule has 19 heavy (non-hydrogen) atoms. The lowest BCUT2D eigenvalue weighted by atomic mass is 10.1. The second-order valence-electron chi connectivity index (χ2n) is 4.81. The topological polar surface area (TPSA) is 51.8 Å². The van der Waals surface area contributed by atoms with Gasteiger partial charge in [-0.2, -0.15) is 0 Å². The van der Waals surface area contributed by atoms with E-state index in [-0.39, 0.29) is 0 Å². The lowest BCUT2D eigenvalue weighted by molar-refractivity contribution is 0.894. The molecule has 1 aliphatic rings. The minimum Gasteiger partial charge on any atom is -0.383 e. The van der Waals surface area contributed by atoms with Crippen LogP contribution in [0.2, 0.25) is 0 Å². The smallest absolute Gasteiger partial charge is 0.140 e. The Labute approximate surface area is 134 Å². The van der Waals surface area contributed by atoms with Crippen LogP contribution in [0.5, 0.6) is 0 Å². The summed E-state index contributed by atoms with van der Waals surface area (Å²) in [6.07, 6.45) is 3.17. The van der Waals surface area contributed by atoms with E-state index >= 15 is 0 Å². The summed E-state index contributed by atoms with van der Waals surface area (Å²) in [5, 5.41) is 0. The molecule has 5 heteroatoms. The van der Waals surface area contributed by atoms with Gasteiger partial charge in [-0.1, -0.05) is 28.1 Å². The Morgan fingerprint density at radius 1 is 1.32 bits per heavy atom. The first-order valence-corrected chi connectivity index (χ1v) is 8.07. The van der Waals surface area contributed by atoms with E-state index in [0.29, 0.717) is 11.7 Å². The van der Waals surface area contributed by atoms with Crippen LogP contribution in [-0.2, 0) is 6.42 Å². The molecule has 3 rings (SSSR count). The Hall–Kier alpha value is -0.690. The van der Waals surface area contributed by atoms with Crippen LogP contribution in [0.3, 0.4) is 0 Å². The van der Waals surface area contributed by atoms with Crippen molar-refractivity contribution in [1.82, 2.24) is 9.97 Å². The summed E-state index contributed by atoms with van der Waals surface area (Å²) in [6, 6.07) is 8.22. The van der Waals surface area contributed by atoms with E-state index in [0.717, 1.165) is 26.0 Å². The zero-order valence-electron chi connectivity index (χ0n) is 10.2. The van der Waals surface area contributed by atoms with E-state index in [9.17, 15) is 0 Å². The fourth-order valence-electron chi connectivity index (χ4n) is 2.07. The molecule has 2 N–H and O–H groups in total. The summed E-state index contributed by atoms with van der Waals surface area (Å²) in [4.78, 5) is 9.12. The van der Waals surface area contributed by atoms with Crippen LogP contribution in [0, 0.1) is 3.57 Å². The van der Waals surface area contributed by atoms with E-state index in [4.69, 9.17) is 10.7 Å². The number of halogens is 2. The van der Waals surface area contributed by atoms with E-state index in [1.54, 1.807) is 0 Å². The number of benzene rings is 1. The highest BCUT2D eigenvalue weighted by molar-refractivity contribution is 14.1. The minimum atomic E-state index is 0.596. The second kappa shape index (κ2) is 5.36. The number of anilines is 1. The summed E-state index contributed by atoms with van der Waals surface area (Å²) in [5.74, 6) is 2.03. The summed E-state index contributed by atoms with van der Waals surface area (Å²) in [5.41, 5.74) is 8.33. The fraction of sp³-hybridized carbons (Fsp3) is 0.286. The molecule has 1 aromatic carbocycles. The van der Waals surface area contributed by atoms with Crippen LogP contribution in [0.4, 0.5) is 5.82 Å². The Morgan fingerprint density at radius 2 is 2.11 bits per heavy atom. The molecule has 3 nitrogen and oxygen atoms in total. The number of aromatic nitrogens is 2. The van der Waals surface area contributed by atoms with Crippen LogP contribution < -0.4 is 5.73 Å². The Kier molecular flexibility index (Phi) is 3.75. The fourth-order valence-corrected chi connectivity index (χ4v) is 3.20. The van der Waals surface area contributed by atoms with Crippen LogP contribution in [0.1, 0.15) is 35.8 Å². The van der Waals surface area contributed by atoms with Gasteiger partial charge in [0.1, 0.15) is 11.6 Å². The molecule has 0 bridgehead atoms. The zero-order valence-corrected chi connectivity index (χ0v) is 14.0. The second-order valence-corrected chi connectivity index (χ2v) is 6.80. The highest BCUT2D eigenvalue weighted by atomic mass is 127. The average molecular weight is 430 g/mol. The monoisotopic (exact) mass is 429 g/mol. The number of nitrogens with zero attached hydrogens (tertiary/aromatic N) is 2. The maximum Gasteiger partial charge on any atom is 0.140 e. The molecule has 1 aliphatic carbocycles. The van der Waals surface area contributed by atoms with Crippen molar-refractivity contribution in [3.8, 4) is 0 Å². The molecular weight excluding hydrogens is 417 g/mol. The molecule has 0 aliphatic heterocycles. The highest BCUT2D eigenvalue weighted by Crippen LogP contribution is 2.41. The van der Waals surface area contributed by atoms with Crippen molar-refractivity contribution < 1.29 is 0 Å². The van der Waals surface area contributed by atoms with Crippen molar-refractivity contribution in [3.05, 3.63) is 49.4 Å². The van der Waals surface area contributed by atoms with Gasteiger partial charge in [-0.3, -0.25) is 0 Å². The Morgan fingerprint density at radius 3 is 2.79 bits per heavy atom. The van der Waals surface area contributed by atoms with Gasteiger partial charge in [0.2, 0.25) is 0 Å². The third-order valence-corrected chi connectivity index (χ3v) is 4.76. The molecule has 0 atom stereocenters. The van der Waals surface area contributed by atoms with Gasteiger partial charge in [0.15, 0.2) is 0 Å². The molecule has 1 fully saturated rings. The predicted molar refractivity (Wildman–Crippen MR) is 88.1 cm³/mol. The third kappa shape index (κ3) is 3.08. The van der Waals surface area contributed by atoms with Crippen molar-refractivity contribution in [3.63, 3.8) is 0 Å². The maximum atomic E-state index is 6.00. The highest BCUT2D eigenvalue weighted by Gasteiger charge is 2.28. The van der Waals surface area contributed by atoms with E-state index in [2.05, 4.69) is 55.6 Å². The van der Waals surface area contributed by atoms with Gasteiger partial charge < -0.3 is 5.73 Å². The van der Waals surface area contributed by atoms with Crippen LogP contribution >= 0.6 is 38.5 Å². The van der Waals surface area contributed by atoms with Crippen LogP contribution in [-0.4, -0.2) is 9.97 Å². The first kappa shape index (κ1) is 13.3. The maximum absolute atomic E-state index is 6.00. The predicted octanol–water partition coefficient (Wildman–Crippen LogP) is 3.89. The number of rotatable bonds is 3. The Balaban J connectivity index is 1.92. The van der Waals surface area contributed by atoms with Gasteiger partial charge >= 0.3 is 0 Å². The van der Waals surface area contributed by atoms with Crippen molar-refractivity contribution in [2.75, 3.05) is 5.73 Å². The summed E-state index contributed by atoms with van der Waals surface area (Å²) in [6.45, 7) is 0. The molecule has 0 saturated heterocycles. The Bertz CT molecular complexity index is 626. The van der Waals surface area contributed by atoms with E-state index in [1.165, 1.54) is 18.4 Å². The molecule has 1 aromatic heterocycles. The molecule has 0 spiro atoms. The van der Waals surface area contributed by atoms with E-state index in [1.807, 2.05) is 12.1 Å². The van der Waals surface area contributed by atoms with Crippen molar-refractivity contribution in [2.45, 2.75) is 25.2 Å². The zero-order chi connectivity index (χ0) is 13.4. The molecule has 2 aromatic rings. The number of hydrogen-bond donors (Lipinski definition) is 1. The summed E-state index contributed by atoms with van der Waals surface area (Å²) >= 11 is 5.74. The lowest BCUT2D eigenvalue weighted by Crippen LogP contribution is -2.07. The van der Waals surface area contributed by atoms with Crippen molar-refractivity contribution >= 4 is 44.3 Å². The first-order valence-electron chi connectivity index (χ1n) is 6.19. The normalized spacial score (nSPS) is 14.6. The van der Waals surface area contributed by atoms with Gasteiger partial charge in [0.25, 0.3) is 0 Å². The van der Waals surface area contributed by atoms with Gasteiger partial charge in [0, 0.05) is 16.8 Å². The van der Waals surface area contributed by atoms with Gasteiger partial charge in [0.05, 0.1) is 9.26 Å². The van der Waals surface area contributed by atoms with Gasteiger partial charge in [-0.15, -0.1) is 0 Å². The number of nitrogen functional groups attached to an aromatic ring is 1. The molecule has 0 amide bonds. The lowest BCUT2D eigenvalue weighted by Gasteiger charge is -2.08. The summed E-state index contributed by atoms with van der Waals surface area (Å²) < 4.78 is 2.10. The molecule has 98 valence electrons. The molecule has 0 unspecified atom stereocenters. The first-order chi connectivity index (χ1) is 9.13. The van der Waals surface area contributed by atoms with Crippen LogP contribution in [0.15, 0.2) is 28.7 Å². The summed E-state index contributed by atoms with van der Waals surface area (Å²) in [7, 11) is 0. The van der Waals surface area contributed by atoms with Gasteiger partial charge in [-0.25, -0.2) is 9.97 Å². The molecule has 0 radical (unpaired) electrons. The van der Waals surface area contributed by atoms with Crippen molar-refractivity contribution in [2.24, 2.45) is 0 Å².